The standard InChI is InChI=1S/C20H37N3O14.C18H36O/c1-5(27)23-11-15(31)17(36-19-10(22)13(29)12(28)6(2-24)34-19)8(4-26)35-20(11)37-16-7(3-25)33-18(32)9(21)14(16)30;1-2-3-4-5-6-7-8-9-10-11-12-13-14-15-16-17-18-19/h6-20,24-26,28-32H,2-4,21-22H2,1H3,(H,23,27);9-10,19H,2-8,11-18H2,1H3/b;10-9-. The molecule has 0 aromatic heterocycles. The molecule has 0 aromatic rings. The Morgan fingerprint density at radius 3 is 1.62 bits per heavy atom. The molecule has 330 valence electrons. The van der Waals surface area contributed by atoms with Gasteiger partial charge in [0, 0.05) is 13.5 Å². The monoisotopic (exact) mass is 812 g/mol. The molecule has 0 bridgehead atoms. The van der Waals surface area contributed by atoms with Crippen LogP contribution < -0.4 is 16.8 Å². The molecule has 3 fully saturated rings. The van der Waals surface area contributed by atoms with Crippen LogP contribution in [0.3, 0.4) is 0 Å². The number of carbonyl (C=O) groups excluding carboxylic acids is 1. The summed E-state index contributed by atoms with van der Waals surface area (Å²) in [7, 11) is 0. The number of aliphatic hydroxyl groups excluding tert-OH is 9. The molecule has 0 radical (unpaired) electrons. The fourth-order valence-corrected chi connectivity index (χ4v) is 6.90. The number of nitrogens with two attached hydrogens (primary N) is 2. The first kappa shape index (κ1) is 50.7. The summed E-state index contributed by atoms with van der Waals surface area (Å²) >= 11 is 0. The second-order valence-electron chi connectivity index (χ2n) is 14.9. The van der Waals surface area contributed by atoms with E-state index in [9.17, 15) is 45.6 Å². The number of allylic oxidation sites excluding steroid dienone is 2. The molecule has 15 unspecified atom stereocenters. The Labute approximate surface area is 331 Å². The Morgan fingerprint density at radius 1 is 0.607 bits per heavy atom. The highest BCUT2D eigenvalue weighted by Crippen LogP contribution is 2.32. The van der Waals surface area contributed by atoms with Gasteiger partial charge in [0.1, 0.15) is 61.0 Å². The van der Waals surface area contributed by atoms with Gasteiger partial charge >= 0.3 is 0 Å². The van der Waals surface area contributed by atoms with Crippen LogP contribution in [0.25, 0.3) is 0 Å². The van der Waals surface area contributed by atoms with Crippen molar-refractivity contribution in [3.8, 4) is 0 Å². The molecule has 56 heavy (non-hydrogen) atoms. The Bertz CT molecular complexity index is 1060. The third-order valence-electron chi connectivity index (χ3n) is 10.3. The van der Waals surface area contributed by atoms with Crippen molar-refractivity contribution in [2.45, 2.75) is 196 Å². The number of carbonyl (C=O) groups is 1. The Morgan fingerprint density at radius 2 is 1.09 bits per heavy atom. The third-order valence-corrected chi connectivity index (χ3v) is 10.3. The van der Waals surface area contributed by atoms with Crippen molar-refractivity contribution in [2.75, 3.05) is 26.4 Å². The summed E-state index contributed by atoms with van der Waals surface area (Å²) in [6, 6.07) is -4.04. The quantitative estimate of drug-likeness (QED) is 0.0414. The van der Waals surface area contributed by atoms with Gasteiger partial charge in [0.2, 0.25) is 5.91 Å². The highest BCUT2D eigenvalue weighted by Gasteiger charge is 2.53. The maximum atomic E-state index is 11.9. The lowest BCUT2D eigenvalue weighted by Crippen LogP contribution is -2.70. The van der Waals surface area contributed by atoms with Gasteiger partial charge in [-0.3, -0.25) is 4.79 Å². The van der Waals surface area contributed by atoms with Gasteiger partial charge in [-0.15, -0.1) is 0 Å². The number of unbranched alkanes of at least 4 members (excludes halogenated alkanes) is 12. The molecule has 14 N–H and O–H groups in total. The summed E-state index contributed by atoms with van der Waals surface area (Å²) in [6.45, 7) is 1.64. The molecule has 18 nitrogen and oxygen atoms in total. The number of hydrogen-bond donors (Lipinski definition) is 12. The van der Waals surface area contributed by atoms with Crippen molar-refractivity contribution in [3.05, 3.63) is 12.2 Å². The zero-order valence-electron chi connectivity index (χ0n) is 33.2. The summed E-state index contributed by atoms with van der Waals surface area (Å²) in [4.78, 5) is 11.9. The van der Waals surface area contributed by atoms with Gasteiger partial charge in [-0.2, -0.15) is 0 Å². The minimum atomic E-state index is -1.67. The SMILES string of the molecule is CC(=O)NC1C(OC2C(CO)OC(O)C(N)C2O)OC(CO)C(OC2OC(CO)C(O)C(O)C2N)C1O.CCCCCCCC/C=C\CCCCCCCCO. The lowest BCUT2D eigenvalue weighted by molar-refractivity contribution is -0.350. The van der Waals surface area contributed by atoms with E-state index in [0.717, 1.165) is 13.3 Å². The molecule has 3 heterocycles. The lowest BCUT2D eigenvalue weighted by Gasteiger charge is -2.49. The van der Waals surface area contributed by atoms with E-state index in [4.69, 9.17) is 40.3 Å². The lowest BCUT2D eigenvalue weighted by atomic mass is 9.94. The first-order valence-electron chi connectivity index (χ1n) is 20.4. The van der Waals surface area contributed by atoms with Gasteiger partial charge in [-0.25, -0.2) is 0 Å². The molecule has 3 saturated heterocycles. The van der Waals surface area contributed by atoms with E-state index < -0.39 is 118 Å². The molecule has 0 aromatic carbocycles. The number of aliphatic hydroxyl groups is 9. The van der Waals surface area contributed by atoms with Gasteiger partial charge < -0.3 is 86.4 Å². The van der Waals surface area contributed by atoms with E-state index in [1.165, 1.54) is 83.5 Å². The minimum absolute atomic E-state index is 0.362. The summed E-state index contributed by atoms with van der Waals surface area (Å²) < 4.78 is 27.8. The highest BCUT2D eigenvalue weighted by molar-refractivity contribution is 5.73. The largest absolute Gasteiger partial charge is 0.396 e. The maximum Gasteiger partial charge on any atom is 0.217 e. The van der Waals surface area contributed by atoms with E-state index in [1.54, 1.807) is 0 Å². The van der Waals surface area contributed by atoms with Crippen LogP contribution in [0.1, 0.15) is 104 Å². The predicted octanol–water partition coefficient (Wildman–Crippen LogP) is -1.48. The van der Waals surface area contributed by atoms with Crippen LogP contribution in [0.15, 0.2) is 12.2 Å². The number of ether oxygens (including phenoxy) is 5. The van der Waals surface area contributed by atoms with Gasteiger partial charge in [0.25, 0.3) is 0 Å². The zero-order valence-corrected chi connectivity index (χ0v) is 33.2. The van der Waals surface area contributed by atoms with Crippen molar-refractivity contribution >= 4 is 5.91 Å². The van der Waals surface area contributed by atoms with Crippen molar-refractivity contribution in [1.29, 1.82) is 0 Å². The molecule has 0 aliphatic carbocycles. The summed E-state index contributed by atoms with van der Waals surface area (Å²) in [6.07, 6.45) is 5.59. The van der Waals surface area contributed by atoms with Crippen LogP contribution in [0.5, 0.6) is 0 Å². The van der Waals surface area contributed by atoms with Gasteiger partial charge in [0.05, 0.1) is 31.9 Å². The van der Waals surface area contributed by atoms with Crippen LogP contribution in [0.4, 0.5) is 0 Å². The summed E-state index contributed by atoms with van der Waals surface area (Å²) in [5, 5.41) is 91.8. The second kappa shape index (κ2) is 28.1. The molecule has 3 aliphatic rings. The van der Waals surface area contributed by atoms with E-state index >= 15 is 0 Å². The van der Waals surface area contributed by atoms with E-state index in [2.05, 4.69) is 24.4 Å². The summed E-state index contributed by atoms with van der Waals surface area (Å²) in [5.41, 5.74) is 11.6. The van der Waals surface area contributed by atoms with Crippen LogP contribution >= 0.6 is 0 Å². The average molecular weight is 812 g/mol. The Hall–Kier alpha value is -1.43. The Balaban J connectivity index is 0.000000482. The second-order valence-corrected chi connectivity index (χ2v) is 14.9. The number of amides is 1. The van der Waals surface area contributed by atoms with Crippen LogP contribution in [0, 0.1) is 0 Å². The zero-order chi connectivity index (χ0) is 41.6. The van der Waals surface area contributed by atoms with Crippen LogP contribution in [-0.2, 0) is 28.5 Å². The van der Waals surface area contributed by atoms with Gasteiger partial charge in [0.15, 0.2) is 18.9 Å². The van der Waals surface area contributed by atoms with Crippen LogP contribution in [-0.4, -0.2) is 170 Å². The van der Waals surface area contributed by atoms with E-state index in [-0.39, 0.29) is 0 Å². The molecule has 0 saturated carbocycles. The summed E-state index contributed by atoms with van der Waals surface area (Å²) in [5.74, 6) is -0.627. The number of hydrogen-bond acceptors (Lipinski definition) is 17. The molecular formula is C38H73N3O15. The molecule has 1 amide bonds. The minimum Gasteiger partial charge on any atom is -0.396 e. The molecule has 15 atom stereocenters. The van der Waals surface area contributed by atoms with Gasteiger partial charge in [-0.1, -0.05) is 76.9 Å². The molecule has 3 aliphatic heterocycles. The molecule has 0 spiro atoms. The third kappa shape index (κ3) is 16.3. The first-order valence-corrected chi connectivity index (χ1v) is 20.4. The fraction of sp³-hybridized carbons (Fsp3) is 0.921. The topological polar surface area (TPSA) is 309 Å². The highest BCUT2D eigenvalue weighted by atomic mass is 16.7. The van der Waals surface area contributed by atoms with Gasteiger partial charge in [-0.05, 0) is 32.1 Å². The number of nitrogens with one attached hydrogen (secondary N) is 1. The maximum absolute atomic E-state index is 11.9. The first-order chi connectivity index (χ1) is 26.9. The molecule has 18 heteroatoms. The molecular weight excluding hydrogens is 738 g/mol. The van der Waals surface area contributed by atoms with E-state index in [1.807, 2.05) is 0 Å². The predicted molar refractivity (Wildman–Crippen MR) is 203 cm³/mol. The van der Waals surface area contributed by atoms with E-state index in [0.29, 0.717) is 6.61 Å². The average Bonchev–Trinajstić information content (AvgIpc) is 3.18. The Kier molecular flexibility index (Phi) is 25.5. The fourth-order valence-electron chi connectivity index (χ4n) is 6.90. The smallest absolute Gasteiger partial charge is 0.217 e. The van der Waals surface area contributed by atoms with Crippen LogP contribution in [0.2, 0.25) is 0 Å². The number of rotatable bonds is 23. The molecule has 3 rings (SSSR count). The van der Waals surface area contributed by atoms with Crippen molar-refractivity contribution < 1.29 is 74.4 Å². The normalized spacial score (nSPS) is 36.3. The van der Waals surface area contributed by atoms with Crippen molar-refractivity contribution in [2.24, 2.45) is 11.5 Å². The van der Waals surface area contributed by atoms with Crippen molar-refractivity contribution in [1.82, 2.24) is 5.32 Å². The van der Waals surface area contributed by atoms with Crippen molar-refractivity contribution in [3.63, 3.8) is 0 Å².